The van der Waals surface area contributed by atoms with E-state index in [0.29, 0.717) is 0 Å². The van der Waals surface area contributed by atoms with E-state index in [0.717, 1.165) is 21.3 Å². The fourth-order valence-electron chi connectivity index (χ4n) is 4.24. The molecule has 0 bridgehead atoms. The Bertz CT molecular complexity index is 1330. The van der Waals surface area contributed by atoms with Gasteiger partial charge in [0.25, 0.3) is 0 Å². The minimum Gasteiger partial charge on any atom is -0.726 e. The van der Waals surface area contributed by atoms with Crippen molar-refractivity contribution >= 4 is 41.6 Å². The summed E-state index contributed by atoms with van der Waals surface area (Å²) in [5.41, 5.74) is 0. The molecule has 27 heteroatoms. The first-order valence-electron chi connectivity index (χ1n) is 11.2. The molecule has 2 aliphatic heterocycles. The van der Waals surface area contributed by atoms with Gasteiger partial charge in [0.05, 0.1) is 13.2 Å². The van der Waals surface area contributed by atoms with Crippen LogP contribution in [0.3, 0.4) is 0 Å². The van der Waals surface area contributed by atoms with Crippen LogP contribution in [0.5, 0.6) is 0 Å². The minimum absolute atomic E-state index is 0.349. The summed E-state index contributed by atoms with van der Waals surface area (Å²) in [7, 11) is -18.7. The predicted octanol–water partition coefficient (Wildman–Crippen LogP) is -4.84. The summed E-state index contributed by atoms with van der Waals surface area (Å²) in [6, 6.07) is 0. The zero-order chi connectivity index (χ0) is 33.0. The molecule has 0 aromatic heterocycles. The fraction of sp³-hybridized carbons (Fsp3) is 1.00. The maximum Gasteiger partial charge on any atom is 0.218 e. The van der Waals surface area contributed by atoms with Gasteiger partial charge in [-0.3, -0.25) is 16.7 Å². The van der Waals surface area contributed by atoms with E-state index in [2.05, 4.69) is 16.7 Å². The summed E-state index contributed by atoms with van der Waals surface area (Å²) in [5, 5.41) is 0. The Balaban J connectivity index is 2.72. The molecule has 0 unspecified atom stereocenters. The molecule has 0 saturated carbocycles. The normalized spacial score (nSPS) is 34.7. The van der Waals surface area contributed by atoms with E-state index >= 15 is 0 Å². The summed E-state index contributed by atoms with van der Waals surface area (Å²) in [6.07, 6.45) is -20.3. The van der Waals surface area contributed by atoms with Crippen molar-refractivity contribution in [1.29, 1.82) is 0 Å². The van der Waals surface area contributed by atoms with Crippen molar-refractivity contribution in [3.63, 3.8) is 0 Å². The van der Waals surface area contributed by atoms with Gasteiger partial charge in [0.15, 0.2) is 24.8 Å². The number of hydrogen-bond acceptors (Lipinski definition) is 23. The molecular weight excluding hydrogens is 688 g/mol. The van der Waals surface area contributed by atoms with E-state index < -0.39 is 110 Å². The Morgan fingerprint density at radius 3 is 1.37 bits per heavy atom. The first kappa shape index (κ1) is 38.4. The van der Waals surface area contributed by atoms with E-state index in [1.54, 1.807) is 0 Å². The second kappa shape index (κ2) is 15.2. The topological polar surface area (TPSA) is 330 Å². The molecule has 23 nitrogen and oxygen atoms in total. The first-order chi connectivity index (χ1) is 19.6. The lowest BCUT2D eigenvalue weighted by atomic mass is 9.96. The molecule has 2 fully saturated rings. The summed E-state index contributed by atoms with van der Waals surface area (Å²) >= 11 is 0. The molecule has 0 aliphatic carbocycles. The van der Waals surface area contributed by atoms with Crippen LogP contribution in [0, 0.1) is 0 Å². The third kappa shape index (κ3) is 11.8. The molecule has 43 heavy (non-hydrogen) atoms. The summed E-state index contributed by atoms with van der Waals surface area (Å²) in [5.74, 6) is 0. The standard InChI is InChI=1S/C16H30O23S4/c1-29-5-7-9(30-2)11(31-3)13(38-42(23,24)25)16(35-7)36-10-8(6-33-40(17,18)19)34-15(32-4)14(39-43(26,27)28)12(10)37-41(20,21)22/h7-16H,5-6H2,1-4H3,(H,17,18,19)(H,20,21,22)(H,23,24,25)(H,26,27,28)/p-4/t7-,8-,9+,10-,11+,12+,13-,14-,15-,16-/m1/s1. The van der Waals surface area contributed by atoms with Crippen LogP contribution in [0.4, 0.5) is 0 Å². The van der Waals surface area contributed by atoms with Crippen LogP contribution < -0.4 is 0 Å². The molecule has 256 valence electrons. The van der Waals surface area contributed by atoms with Crippen molar-refractivity contribution in [2.24, 2.45) is 0 Å². The summed E-state index contributed by atoms with van der Waals surface area (Å²) < 4.78 is 191. The van der Waals surface area contributed by atoms with Crippen LogP contribution in [0.2, 0.25) is 0 Å². The van der Waals surface area contributed by atoms with Crippen molar-refractivity contribution in [2.45, 2.75) is 61.4 Å². The van der Waals surface area contributed by atoms with Crippen molar-refractivity contribution in [3.05, 3.63) is 0 Å². The van der Waals surface area contributed by atoms with E-state index in [-0.39, 0.29) is 6.61 Å². The number of ether oxygens (including phenoxy) is 7. The van der Waals surface area contributed by atoms with Gasteiger partial charge in [-0.15, -0.1) is 0 Å². The van der Waals surface area contributed by atoms with Crippen molar-refractivity contribution < 1.29 is 102 Å². The SMILES string of the molecule is COC[C@H]1O[C@H](O[C@H]2[C@H](OS(=O)(=O)[O-])[C@@H](OS(=O)(=O)[O-])[C@H](OC)O[C@@H]2COS(=O)(=O)[O-])[C@H](OS(=O)(=O)[O-])[C@@H](OC)[C@H]1OC. The molecule has 0 amide bonds. The third-order valence-electron chi connectivity index (χ3n) is 5.64. The molecule has 0 aromatic rings. The average Bonchev–Trinajstić information content (AvgIpc) is 2.83. The van der Waals surface area contributed by atoms with Gasteiger partial charge in [0.2, 0.25) is 41.6 Å². The molecule has 0 radical (unpaired) electrons. The van der Waals surface area contributed by atoms with E-state index in [4.69, 9.17) is 33.2 Å². The maximum absolute atomic E-state index is 11.6. The van der Waals surface area contributed by atoms with Crippen molar-refractivity contribution in [2.75, 3.05) is 41.7 Å². The van der Waals surface area contributed by atoms with Gasteiger partial charge in [-0.1, -0.05) is 0 Å². The molecule has 10 atom stereocenters. The van der Waals surface area contributed by atoms with Crippen LogP contribution in [-0.4, -0.2) is 155 Å². The van der Waals surface area contributed by atoms with Gasteiger partial charge >= 0.3 is 0 Å². The highest BCUT2D eigenvalue weighted by Crippen LogP contribution is 2.35. The first-order valence-corrected chi connectivity index (χ1v) is 16.5. The lowest BCUT2D eigenvalue weighted by Crippen LogP contribution is -2.66. The van der Waals surface area contributed by atoms with Gasteiger partial charge < -0.3 is 51.4 Å². The molecular formula is C16H26O23S4-4. The molecule has 2 rings (SSSR count). The Morgan fingerprint density at radius 2 is 0.953 bits per heavy atom. The van der Waals surface area contributed by atoms with Crippen molar-refractivity contribution in [1.82, 2.24) is 0 Å². The van der Waals surface area contributed by atoms with E-state index in [1.165, 1.54) is 7.11 Å². The van der Waals surface area contributed by atoms with Gasteiger partial charge in [-0.05, 0) is 0 Å². The van der Waals surface area contributed by atoms with Crippen molar-refractivity contribution in [3.8, 4) is 0 Å². The maximum atomic E-state index is 11.6. The monoisotopic (exact) mass is 714 g/mol. The quantitative estimate of drug-likeness (QED) is 0.107. The molecule has 2 saturated heterocycles. The highest BCUT2D eigenvalue weighted by molar-refractivity contribution is 7.81. The molecule has 2 aliphatic rings. The Hall–Kier alpha value is -0.800. The van der Waals surface area contributed by atoms with Crippen LogP contribution in [-0.2, 0) is 91.5 Å². The molecule has 0 aromatic carbocycles. The molecule has 0 N–H and O–H groups in total. The van der Waals surface area contributed by atoms with Gasteiger partial charge in [0, 0.05) is 28.4 Å². The largest absolute Gasteiger partial charge is 0.726 e. The molecule has 2 heterocycles. The Kier molecular flexibility index (Phi) is 13.6. The van der Waals surface area contributed by atoms with Crippen LogP contribution >= 0.6 is 0 Å². The van der Waals surface area contributed by atoms with Gasteiger partial charge in [-0.2, -0.15) is 0 Å². The number of hydrogen-bond donors (Lipinski definition) is 0. The lowest BCUT2D eigenvalue weighted by molar-refractivity contribution is -0.352. The lowest BCUT2D eigenvalue weighted by Gasteiger charge is -2.49. The third-order valence-corrected chi connectivity index (χ3v) is 7.44. The predicted molar refractivity (Wildman–Crippen MR) is 122 cm³/mol. The van der Waals surface area contributed by atoms with E-state index in [1.807, 2.05) is 0 Å². The van der Waals surface area contributed by atoms with Crippen LogP contribution in [0.25, 0.3) is 0 Å². The molecule has 0 spiro atoms. The highest BCUT2D eigenvalue weighted by Gasteiger charge is 2.55. The fourth-order valence-corrected chi connectivity index (χ4v) is 5.97. The highest BCUT2D eigenvalue weighted by atomic mass is 32.3. The number of rotatable bonds is 16. The van der Waals surface area contributed by atoms with Gasteiger partial charge in [0.1, 0.15) is 36.6 Å². The Morgan fingerprint density at radius 1 is 0.512 bits per heavy atom. The Labute approximate surface area is 246 Å². The number of methoxy groups -OCH3 is 4. The smallest absolute Gasteiger partial charge is 0.218 e. The zero-order valence-electron chi connectivity index (χ0n) is 22.2. The van der Waals surface area contributed by atoms with E-state index in [9.17, 15) is 51.9 Å². The summed E-state index contributed by atoms with van der Waals surface area (Å²) in [6.45, 7) is -1.74. The van der Waals surface area contributed by atoms with Crippen LogP contribution in [0.1, 0.15) is 0 Å². The minimum atomic E-state index is -5.90. The van der Waals surface area contributed by atoms with Gasteiger partial charge in [-0.25, -0.2) is 33.7 Å². The summed E-state index contributed by atoms with van der Waals surface area (Å²) in [4.78, 5) is 0. The van der Waals surface area contributed by atoms with Crippen LogP contribution in [0.15, 0.2) is 0 Å². The zero-order valence-corrected chi connectivity index (χ0v) is 25.5. The second-order valence-electron chi connectivity index (χ2n) is 8.38. The average molecular weight is 715 g/mol. The second-order valence-corrected chi connectivity index (χ2v) is 12.5.